The molecule has 0 heterocycles. The molecule has 0 aromatic carbocycles. The van der Waals surface area contributed by atoms with Gasteiger partial charge in [-0.15, -0.1) is 0 Å². The summed E-state index contributed by atoms with van der Waals surface area (Å²) in [6.07, 6.45) is 2.00. The van der Waals surface area contributed by atoms with Crippen LogP contribution in [0.15, 0.2) is 0 Å². The smallest absolute Gasteiger partial charge is 0.0599 e. The fourth-order valence-electron chi connectivity index (χ4n) is 1.36. The Kier molecular flexibility index (Phi) is 2.09. The van der Waals surface area contributed by atoms with Gasteiger partial charge in [0.1, 0.15) is 0 Å². The quantitative estimate of drug-likeness (QED) is 0.568. The number of aliphatic hydroxyl groups is 1. The van der Waals surface area contributed by atoms with Crippen molar-refractivity contribution >= 4 is 0 Å². The van der Waals surface area contributed by atoms with Crippen molar-refractivity contribution in [3.63, 3.8) is 0 Å². The molecule has 1 aliphatic carbocycles. The van der Waals surface area contributed by atoms with E-state index in [1.165, 1.54) is 0 Å². The number of hydrogen-bond donors (Lipinski definition) is 1. The van der Waals surface area contributed by atoms with Gasteiger partial charge in [-0.2, -0.15) is 0 Å². The highest BCUT2D eigenvalue weighted by Crippen LogP contribution is 2.26. The molecule has 1 aliphatic rings. The summed E-state index contributed by atoms with van der Waals surface area (Å²) in [6.45, 7) is 2.06. The summed E-state index contributed by atoms with van der Waals surface area (Å²) in [6, 6.07) is 0. The van der Waals surface area contributed by atoms with Crippen LogP contribution < -0.4 is 0 Å². The predicted octanol–water partition coefficient (Wildman–Crippen LogP) is 0.792. The molecule has 1 unspecified atom stereocenters. The van der Waals surface area contributed by atoms with E-state index in [2.05, 4.69) is 6.92 Å². The lowest BCUT2D eigenvalue weighted by Gasteiger charge is -2.03. The van der Waals surface area contributed by atoms with Gasteiger partial charge in [-0.3, -0.25) is 0 Å². The highest BCUT2D eigenvalue weighted by molar-refractivity contribution is 4.80. The Morgan fingerprint density at radius 1 is 1.44 bits per heavy atom. The second-order valence-corrected chi connectivity index (χ2v) is 2.87. The summed E-state index contributed by atoms with van der Waals surface area (Å²) in [4.78, 5) is 0. The number of ether oxygens (including phenoxy) is 1. The molecule has 1 saturated carbocycles. The molecule has 54 valence electrons. The highest BCUT2D eigenvalue weighted by Gasteiger charge is 2.29. The number of rotatable bonds is 1. The minimum atomic E-state index is -0.130. The molecule has 1 fully saturated rings. The van der Waals surface area contributed by atoms with Crippen LogP contribution in [-0.4, -0.2) is 24.4 Å². The Morgan fingerprint density at radius 3 is 2.33 bits per heavy atom. The summed E-state index contributed by atoms with van der Waals surface area (Å²) in [5.74, 6) is 0.426. The van der Waals surface area contributed by atoms with Gasteiger partial charge in [0.25, 0.3) is 0 Å². The minimum absolute atomic E-state index is 0.130. The molecule has 0 aromatic heterocycles. The van der Waals surface area contributed by atoms with Gasteiger partial charge in [0, 0.05) is 7.11 Å². The van der Waals surface area contributed by atoms with Crippen molar-refractivity contribution in [2.75, 3.05) is 7.11 Å². The zero-order valence-corrected chi connectivity index (χ0v) is 6.00. The van der Waals surface area contributed by atoms with Crippen molar-refractivity contribution in [1.29, 1.82) is 0 Å². The summed E-state index contributed by atoms with van der Waals surface area (Å²) >= 11 is 0. The number of aliphatic hydroxyl groups excluding tert-OH is 1. The number of hydrogen-bond acceptors (Lipinski definition) is 2. The highest BCUT2D eigenvalue weighted by atomic mass is 16.5. The van der Waals surface area contributed by atoms with Gasteiger partial charge in [-0.05, 0) is 18.8 Å². The van der Waals surface area contributed by atoms with Gasteiger partial charge in [-0.1, -0.05) is 6.92 Å². The largest absolute Gasteiger partial charge is 0.393 e. The fourth-order valence-corrected chi connectivity index (χ4v) is 1.36. The Bertz CT molecular complexity index is 82.9. The number of methoxy groups -OCH3 is 1. The molecule has 0 radical (unpaired) electrons. The van der Waals surface area contributed by atoms with Gasteiger partial charge in [0.2, 0.25) is 0 Å². The molecule has 2 nitrogen and oxygen atoms in total. The third-order valence-electron chi connectivity index (χ3n) is 2.13. The third-order valence-corrected chi connectivity index (χ3v) is 2.13. The molecule has 1 rings (SSSR count). The lowest BCUT2D eigenvalue weighted by atomic mass is 10.1. The van der Waals surface area contributed by atoms with Gasteiger partial charge >= 0.3 is 0 Å². The predicted molar refractivity (Wildman–Crippen MR) is 35.2 cm³/mol. The summed E-state index contributed by atoms with van der Waals surface area (Å²) in [5, 5.41) is 9.22. The average Bonchev–Trinajstić information content (AvgIpc) is 2.13. The SMILES string of the molecule is COC1C[C@@H](C)[C@H](O)C1. The van der Waals surface area contributed by atoms with Crippen LogP contribution in [-0.2, 0) is 4.74 Å². The molecule has 9 heavy (non-hydrogen) atoms. The van der Waals surface area contributed by atoms with Crippen molar-refractivity contribution in [3.05, 3.63) is 0 Å². The molecule has 3 atom stereocenters. The van der Waals surface area contributed by atoms with Crippen LogP contribution in [0.3, 0.4) is 0 Å². The zero-order chi connectivity index (χ0) is 6.85. The summed E-state index contributed by atoms with van der Waals surface area (Å²) in [5.41, 5.74) is 0. The average molecular weight is 130 g/mol. The van der Waals surface area contributed by atoms with Crippen LogP contribution in [0.4, 0.5) is 0 Å². The monoisotopic (exact) mass is 130 g/mol. The molecule has 0 bridgehead atoms. The maximum atomic E-state index is 9.22. The van der Waals surface area contributed by atoms with E-state index >= 15 is 0 Å². The third kappa shape index (κ3) is 1.43. The second kappa shape index (κ2) is 2.67. The van der Waals surface area contributed by atoms with E-state index in [0.29, 0.717) is 12.0 Å². The van der Waals surface area contributed by atoms with E-state index < -0.39 is 0 Å². The van der Waals surface area contributed by atoms with Crippen LogP contribution in [0.1, 0.15) is 19.8 Å². The van der Waals surface area contributed by atoms with E-state index in [4.69, 9.17) is 4.74 Å². The van der Waals surface area contributed by atoms with Crippen molar-refractivity contribution in [2.45, 2.75) is 32.0 Å². The van der Waals surface area contributed by atoms with E-state index in [-0.39, 0.29) is 6.10 Å². The lowest BCUT2D eigenvalue weighted by molar-refractivity contribution is 0.0888. The Labute approximate surface area is 55.8 Å². The maximum absolute atomic E-state index is 9.22. The Morgan fingerprint density at radius 2 is 2.11 bits per heavy atom. The van der Waals surface area contributed by atoms with E-state index in [1.807, 2.05) is 0 Å². The molecule has 0 amide bonds. The van der Waals surface area contributed by atoms with E-state index in [1.54, 1.807) is 7.11 Å². The first-order valence-electron chi connectivity index (χ1n) is 3.45. The molecule has 2 heteroatoms. The van der Waals surface area contributed by atoms with Crippen LogP contribution in [0, 0.1) is 5.92 Å². The van der Waals surface area contributed by atoms with E-state index in [0.717, 1.165) is 12.8 Å². The minimum Gasteiger partial charge on any atom is -0.393 e. The molecule has 0 aliphatic heterocycles. The van der Waals surface area contributed by atoms with Gasteiger partial charge in [0.15, 0.2) is 0 Å². The van der Waals surface area contributed by atoms with Crippen LogP contribution in [0.5, 0.6) is 0 Å². The Balaban J connectivity index is 2.35. The molecule has 0 aromatic rings. The summed E-state index contributed by atoms with van der Waals surface area (Å²) in [7, 11) is 1.70. The standard InChI is InChI=1S/C7H14O2/c1-5-3-6(9-2)4-7(5)8/h5-8H,3-4H2,1-2H3/t5-,6?,7-/m1/s1. The first kappa shape index (κ1) is 7.03. The molecule has 1 N–H and O–H groups in total. The maximum Gasteiger partial charge on any atom is 0.0599 e. The van der Waals surface area contributed by atoms with Crippen molar-refractivity contribution in [1.82, 2.24) is 0 Å². The van der Waals surface area contributed by atoms with Gasteiger partial charge in [0.05, 0.1) is 12.2 Å². The molecule has 0 spiro atoms. The van der Waals surface area contributed by atoms with E-state index in [9.17, 15) is 5.11 Å². The zero-order valence-electron chi connectivity index (χ0n) is 6.00. The van der Waals surface area contributed by atoms with Crippen LogP contribution >= 0.6 is 0 Å². The Hall–Kier alpha value is -0.0800. The molecular weight excluding hydrogens is 116 g/mol. The fraction of sp³-hybridized carbons (Fsp3) is 1.00. The van der Waals surface area contributed by atoms with Crippen LogP contribution in [0.2, 0.25) is 0 Å². The van der Waals surface area contributed by atoms with Gasteiger partial charge in [-0.25, -0.2) is 0 Å². The van der Waals surface area contributed by atoms with Crippen molar-refractivity contribution in [3.8, 4) is 0 Å². The van der Waals surface area contributed by atoms with Crippen molar-refractivity contribution < 1.29 is 9.84 Å². The first-order chi connectivity index (χ1) is 4.24. The topological polar surface area (TPSA) is 29.5 Å². The van der Waals surface area contributed by atoms with Crippen molar-refractivity contribution in [2.24, 2.45) is 5.92 Å². The van der Waals surface area contributed by atoms with Gasteiger partial charge < -0.3 is 9.84 Å². The normalized spacial score (nSPS) is 43.7. The lowest BCUT2D eigenvalue weighted by Crippen LogP contribution is -2.09. The second-order valence-electron chi connectivity index (χ2n) is 2.87. The molecular formula is C7H14O2. The molecule has 0 saturated heterocycles. The first-order valence-corrected chi connectivity index (χ1v) is 3.45. The van der Waals surface area contributed by atoms with Crippen LogP contribution in [0.25, 0.3) is 0 Å². The summed E-state index contributed by atoms with van der Waals surface area (Å²) < 4.78 is 5.09.